The number of benzene rings is 1. The molecule has 3 N–H and O–H groups in total. The Labute approximate surface area is 165 Å². The zero-order valence-corrected chi connectivity index (χ0v) is 15.5. The molecule has 10 nitrogen and oxygen atoms in total. The van der Waals surface area contributed by atoms with Crippen LogP contribution in [0.3, 0.4) is 0 Å². The number of rotatable bonds is 3. The second-order valence-electron chi connectivity index (χ2n) is 7.58. The van der Waals surface area contributed by atoms with Crippen molar-refractivity contribution in [3.05, 3.63) is 52.7 Å². The van der Waals surface area contributed by atoms with Gasteiger partial charge < -0.3 is 25.4 Å². The number of fused-ring (bicyclic) bond motifs is 2. The quantitative estimate of drug-likeness (QED) is 0.634. The first kappa shape index (κ1) is 17.5. The number of aromatic amines is 1. The van der Waals surface area contributed by atoms with E-state index in [0.717, 1.165) is 6.42 Å². The number of nitrogens with zero attached hydrogens (tertiary/aromatic N) is 3. The van der Waals surface area contributed by atoms with E-state index in [1.165, 1.54) is 4.57 Å². The number of likely N-dealkylation sites (tertiary alicyclic amines) is 2. The lowest BCUT2D eigenvalue weighted by atomic mass is 10.1. The van der Waals surface area contributed by atoms with Crippen molar-refractivity contribution in [2.75, 3.05) is 19.6 Å². The highest BCUT2D eigenvalue weighted by Crippen LogP contribution is 2.32. The number of hydrogen-bond donors (Lipinski definition) is 3. The lowest BCUT2D eigenvalue weighted by Crippen LogP contribution is -2.55. The predicted octanol–water partition coefficient (Wildman–Crippen LogP) is -0.728. The van der Waals surface area contributed by atoms with Crippen LogP contribution < -0.4 is 16.3 Å². The fourth-order valence-electron chi connectivity index (χ4n) is 4.47. The maximum Gasteiger partial charge on any atom is 0.330 e. The SMILES string of the molecule is O=C1NC[C@H](C(=O)N2C[C@@H]3C[C@H]2CN3C(=O)c2cccc(-n3cc[nH]c3=O)c2)N1. The van der Waals surface area contributed by atoms with Crippen molar-refractivity contribution >= 4 is 17.8 Å². The smallest absolute Gasteiger partial charge is 0.330 e. The van der Waals surface area contributed by atoms with Gasteiger partial charge in [0.25, 0.3) is 5.91 Å². The summed E-state index contributed by atoms with van der Waals surface area (Å²) in [6, 6.07) is 6.01. The van der Waals surface area contributed by atoms with E-state index in [2.05, 4.69) is 15.6 Å². The molecule has 0 unspecified atom stereocenters. The van der Waals surface area contributed by atoms with Gasteiger partial charge in [-0.25, -0.2) is 9.59 Å². The molecule has 0 aliphatic carbocycles. The van der Waals surface area contributed by atoms with E-state index in [1.54, 1.807) is 46.5 Å². The minimum Gasteiger partial charge on any atom is -0.336 e. The number of hydrogen-bond acceptors (Lipinski definition) is 4. The lowest BCUT2D eigenvalue weighted by Gasteiger charge is -2.35. The monoisotopic (exact) mass is 396 g/mol. The van der Waals surface area contributed by atoms with Gasteiger partial charge in [0.1, 0.15) is 6.04 Å². The van der Waals surface area contributed by atoms with Crippen LogP contribution in [0.1, 0.15) is 16.8 Å². The molecule has 0 spiro atoms. The fourth-order valence-corrected chi connectivity index (χ4v) is 4.47. The second-order valence-corrected chi connectivity index (χ2v) is 7.58. The first-order valence-corrected chi connectivity index (χ1v) is 9.53. The zero-order valence-electron chi connectivity index (χ0n) is 15.5. The number of carbonyl (C=O) groups excluding carboxylic acids is 3. The fraction of sp³-hybridized carbons (Fsp3) is 0.368. The van der Waals surface area contributed by atoms with Gasteiger partial charge in [0.15, 0.2) is 0 Å². The second kappa shape index (κ2) is 6.50. The van der Waals surface area contributed by atoms with Gasteiger partial charge in [-0.15, -0.1) is 0 Å². The Hall–Kier alpha value is -3.56. The van der Waals surface area contributed by atoms with Crippen LogP contribution in [0.15, 0.2) is 41.5 Å². The molecule has 2 bridgehead atoms. The summed E-state index contributed by atoms with van der Waals surface area (Å²) >= 11 is 0. The summed E-state index contributed by atoms with van der Waals surface area (Å²) in [5, 5.41) is 5.22. The van der Waals surface area contributed by atoms with Crippen molar-refractivity contribution in [1.82, 2.24) is 30.0 Å². The van der Waals surface area contributed by atoms with Gasteiger partial charge in [-0.2, -0.15) is 0 Å². The first-order valence-electron chi connectivity index (χ1n) is 9.53. The molecule has 0 radical (unpaired) electrons. The molecule has 3 saturated heterocycles. The van der Waals surface area contributed by atoms with Crippen LogP contribution in [0.2, 0.25) is 0 Å². The maximum absolute atomic E-state index is 13.1. The summed E-state index contributed by atoms with van der Waals surface area (Å²) in [6.07, 6.45) is 3.90. The molecular weight excluding hydrogens is 376 g/mol. The molecule has 29 heavy (non-hydrogen) atoms. The lowest BCUT2D eigenvalue weighted by molar-refractivity contribution is -0.134. The van der Waals surface area contributed by atoms with E-state index >= 15 is 0 Å². The molecule has 3 aliphatic rings. The highest BCUT2D eigenvalue weighted by molar-refractivity contribution is 5.96. The summed E-state index contributed by atoms with van der Waals surface area (Å²) < 4.78 is 1.44. The molecule has 0 saturated carbocycles. The van der Waals surface area contributed by atoms with Crippen LogP contribution in [-0.2, 0) is 4.79 Å². The summed E-state index contributed by atoms with van der Waals surface area (Å²) in [6.45, 7) is 1.23. The Morgan fingerprint density at radius 3 is 2.52 bits per heavy atom. The van der Waals surface area contributed by atoms with Crippen LogP contribution in [-0.4, -0.2) is 75.0 Å². The van der Waals surface area contributed by atoms with Crippen LogP contribution >= 0.6 is 0 Å². The summed E-state index contributed by atoms with van der Waals surface area (Å²) in [5.41, 5.74) is 0.860. The van der Waals surface area contributed by atoms with Crippen LogP contribution in [0.4, 0.5) is 4.79 Å². The van der Waals surface area contributed by atoms with Crippen molar-refractivity contribution in [2.24, 2.45) is 0 Å². The number of H-pyrrole nitrogens is 1. The average Bonchev–Trinajstić information content (AvgIpc) is 3.51. The number of urea groups is 1. The van der Waals surface area contributed by atoms with Crippen LogP contribution in [0, 0.1) is 0 Å². The summed E-state index contributed by atoms with van der Waals surface area (Å²) in [5.74, 6) is -0.206. The molecular formula is C19H20N6O4. The molecule has 150 valence electrons. The number of imidazole rings is 1. The molecule has 4 amide bonds. The van der Waals surface area contributed by atoms with Gasteiger partial charge in [0.05, 0.1) is 17.8 Å². The Bertz CT molecular complexity index is 1060. The molecule has 10 heteroatoms. The van der Waals surface area contributed by atoms with Crippen molar-refractivity contribution in [1.29, 1.82) is 0 Å². The number of amides is 4. The number of nitrogens with one attached hydrogen (secondary N) is 3. The van der Waals surface area contributed by atoms with Crippen LogP contribution in [0.5, 0.6) is 0 Å². The Balaban J connectivity index is 1.30. The normalized spacial score (nSPS) is 25.2. The van der Waals surface area contributed by atoms with E-state index in [4.69, 9.17) is 0 Å². The molecule has 3 atom stereocenters. The minimum absolute atomic E-state index is 0.0376. The maximum atomic E-state index is 13.1. The van der Waals surface area contributed by atoms with Crippen molar-refractivity contribution < 1.29 is 14.4 Å². The van der Waals surface area contributed by atoms with Gasteiger partial charge in [0.2, 0.25) is 5.91 Å². The van der Waals surface area contributed by atoms with Crippen molar-refractivity contribution in [3.8, 4) is 5.69 Å². The third-order valence-electron chi connectivity index (χ3n) is 5.88. The van der Waals surface area contributed by atoms with Gasteiger partial charge in [-0.3, -0.25) is 14.2 Å². The summed E-state index contributed by atoms with van der Waals surface area (Å²) in [7, 11) is 0. The molecule has 1 aromatic carbocycles. The number of piperazine rings is 1. The highest BCUT2D eigenvalue weighted by Gasteiger charge is 2.48. The first-order chi connectivity index (χ1) is 14.0. The predicted molar refractivity (Wildman–Crippen MR) is 102 cm³/mol. The molecule has 4 heterocycles. The van der Waals surface area contributed by atoms with E-state index in [1.807, 2.05) is 0 Å². The zero-order chi connectivity index (χ0) is 20.1. The van der Waals surface area contributed by atoms with E-state index < -0.39 is 6.04 Å². The van der Waals surface area contributed by atoms with Crippen molar-refractivity contribution in [2.45, 2.75) is 24.5 Å². The summed E-state index contributed by atoms with van der Waals surface area (Å²) in [4.78, 5) is 55.0. The van der Waals surface area contributed by atoms with Gasteiger partial charge >= 0.3 is 11.7 Å². The topological polar surface area (TPSA) is 120 Å². The minimum atomic E-state index is -0.539. The Morgan fingerprint density at radius 1 is 1.07 bits per heavy atom. The van der Waals surface area contributed by atoms with Gasteiger partial charge in [-0.05, 0) is 24.6 Å². The molecule has 3 aliphatic heterocycles. The molecule has 2 aromatic rings. The number of aromatic nitrogens is 2. The molecule has 1 aromatic heterocycles. The standard InChI is InChI=1S/C19H20N6O4/c26-16(11-2-1-3-12(6-11)23-5-4-20-19(23)29)24-9-14-7-13(24)10-25(14)17(27)15-8-21-18(28)22-15/h1-6,13-15H,7-10H2,(H,20,29)(H2,21,22,28)/t13-,14-,15+/m0/s1. The Kier molecular flexibility index (Phi) is 3.93. The van der Waals surface area contributed by atoms with Gasteiger partial charge in [-0.1, -0.05) is 6.07 Å². The molecule has 5 rings (SSSR count). The third-order valence-corrected chi connectivity index (χ3v) is 5.88. The Morgan fingerprint density at radius 2 is 1.86 bits per heavy atom. The highest BCUT2D eigenvalue weighted by atomic mass is 16.2. The van der Waals surface area contributed by atoms with E-state index in [0.29, 0.717) is 30.9 Å². The van der Waals surface area contributed by atoms with E-state index in [9.17, 15) is 19.2 Å². The third kappa shape index (κ3) is 2.87. The largest absolute Gasteiger partial charge is 0.336 e. The van der Waals surface area contributed by atoms with E-state index in [-0.39, 0.29) is 35.6 Å². The average molecular weight is 396 g/mol. The van der Waals surface area contributed by atoms with Crippen molar-refractivity contribution in [3.63, 3.8) is 0 Å². The van der Waals surface area contributed by atoms with Gasteiger partial charge in [0, 0.05) is 37.6 Å². The number of carbonyl (C=O) groups is 3. The van der Waals surface area contributed by atoms with Crippen LogP contribution in [0.25, 0.3) is 5.69 Å². The molecule has 3 fully saturated rings.